The summed E-state index contributed by atoms with van der Waals surface area (Å²) in [5.74, 6) is -2.53. The number of rotatable bonds is 80. The van der Waals surface area contributed by atoms with Crippen LogP contribution in [0.3, 0.4) is 0 Å². The summed E-state index contributed by atoms with van der Waals surface area (Å²) >= 11 is 0. The fraction of sp³-hybridized carbons (Fsp3) is 0.841. The lowest BCUT2D eigenvalue weighted by Crippen LogP contribution is -2.32. The Kier molecular flexibility index (Phi) is 77.4. The molecule has 2 atom stereocenters. The maximum atomic E-state index is 13.1. The van der Waals surface area contributed by atoms with Crippen LogP contribution in [-0.2, 0) is 57.2 Å². The van der Waals surface area contributed by atoms with E-state index < -0.39 is 36.1 Å². The number of aliphatic hydroxyl groups is 1. The molecule has 0 heterocycles. The summed E-state index contributed by atoms with van der Waals surface area (Å²) in [5.41, 5.74) is 0. The molecule has 0 saturated heterocycles. The Balaban J connectivity index is 5.22. The van der Waals surface area contributed by atoms with Crippen LogP contribution in [0.1, 0.15) is 413 Å². The average molecular weight is 1440 g/mol. The molecule has 14 nitrogen and oxygen atoms in total. The van der Waals surface area contributed by atoms with Crippen LogP contribution in [0.5, 0.6) is 0 Å². The van der Waals surface area contributed by atoms with Gasteiger partial charge in [-0.05, 0) is 154 Å². The minimum Gasteiger partial charge on any atom is -0.462 e. The molecule has 0 aromatic heterocycles. The maximum absolute atomic E-state index is 13.1. The molecule has 0 saturated carbocycles. The molecule has 14 heteroatoms. The van der Waals surface area contributed by atoms with E-state index in [0.29, 0.717) is 45.3 Å². The van der Waals surface area contributed by atoms with E-state index >= 15 is 0 Å². The van der Waals surface area contributed by atoms with Gasteiger partial charge in [0.1, 0.15) is 26.4 Å². The predicted molar refractivity (Wildman–Crippen MR) is 423 cm³/mol. The lowest BCUT2D eigenvalue weighted by Gasteiger charge is -2.21. The van der Waals surface area contributed by atoms with E-state index in [-0.39, 0.29) is 83.5 Å². The number of carbonyl (C=O) groups excluding carboxylic acids is 6. The SMILES string of the molecule is CCCCCCCC/C=C\CCCCCCCC(=O)OC[C@H](COC(=O)CCCN(CCO)CCCC(=O)OC[C@@H](COC(=O)CCCCCCC/C=C\CCCCCCCC)OC(=O)CCCCCCC/C=C\CCCCCCCC)OC(=O)CCCCCCC/C=C\CCCCCCCC. The fourth-order valence-corrected chi connectivity index (χ4v) is 12.5. The summed E-state index contributed by atoms with van der Waals surface area (Å²) in [5, 5.41) is 9.91. The third-order valence-corrected chi connectivity index (χ3v) is 19.0. The molecule has 0 spiro atoms. The molecule has 0 bridgehead atoms. The molecule has 0 aliphatic heterocycles. The van der Waals surface area contributed by atoms with Crippen molar-refractivity contribution in [1.29, 1.82) is 0 Å². The monoisotopic (exact) mass is 1440 g/mol. The zero-order chi connectivity index (χ0) is 74.2. The first kappa shape index (κ1) is 97.7. The van der Waals surface area contributed by atoms with Crippen LogP contribution >= 0.6 is 0 Å². The Hall–Kier alpha value is -4.30. The molecule has 0 radical (unpaired) electrons. The quantitative estimate of drug-likeness (QED) is 0.0263. The van der Waals surface area contributed by atoms with Crippen LogP contribution < -0.4 is 0 Å². The normalized spacial score (nSPS) is 12.4. The number of unbranched alkanes of at least 4 members (excludes halogenated alkanes) is 44. The molecule has 0 aliphatic carbocycles. The van der Waals surface area contributed by atoms with Gasteiger partial charge in [-0.15, -0.1) is 0 Å². The number of nitrogens with zero attached hydrogens (tertiary/aromatic N) is 1. The van der Waals surface area contributed by atoms with Crippen molar-refractivity contribution in [3.05, 3.63) is 48.6 Å². The molecule has 0 rings (SSSR count). The minimum absolute atomic E-state index is 0.0637. The van der Waals surface area contributed by atoms with Gasteiger partial charge in [0, 0.05) is 45.1 Å². The molecule has 0 unspecified atom stereocenters. The first-order chi connectivity index (χ1) is 50.1. The number of aliphatic hydroxyl groups excluding tert-OH is 1. The summed E-state index contributed by atoms with van der Waals surface area (Å²) in [6.45, 7) is 9.24. The third-order valence-electron chi connectivity index (χ3n) is 19.0. The largest absolute Gasteiger partial charge is 0.462 e. The van der Waals surface area contributed by atoms with Gasteiger partial charge < -0.3 is 38.4 Å². The van der Waals surface area contributed by atoms with Crippen LogP contribution in [0.25, 0.3) is 0 Å². The number of allylic oxidation sites excluding steroid dienone is 8. The highest BCUT2D eigenvalue weighted by molar-refractivity contribution is 5.72. The summed E-state index contributed by atoms with van der Waals surface area (Å²) in [4.78, 5) is 80.2. The van der Waals surface area contributed by atoms with Crippen LogP contribution in [0.15, 0.2) is 48.6 Å². The first-order valence-corrected chi connectivity index (χ1v) is 43.0. The highest BCUT2D eigenvalue weighted by Gasteiger charge is 2.22. The van der Waals surface area contributed by atoms with Gasteiger partial charge in [-0.1, -0.05) is 282 Å². The van der Waals surface area contributed by atoms with E-state index in [1.807, 2.05) is 4.90 Å². The molecular weight excluding hydrogens is 1280 g/mol. The number of carbonyl (C=O) groups is 6. The van der Waals surface area contributed by atoms with Gasteiger partial charge in [-0.2, -0.15) is 0 Å². The average Bonchev–Trinajstić information content (AvgIpc) is 1.02. The molecule has 0 aliphatic rings. The summed E-state index contributed by atoms with van der Waals surface area (Å²) in [6.07, 6.45) is 78.9. The predicted octanol–water partition coefficient (Wildman–Crippen LogP) is 24.0. The Morgan fingerprint density at radius 3 is 0.647 bits per heavy atom. The van der Waals surface area contributed by atoms with Crippen molar-refractivity contribution in [1.82, 2.24) is 4.90 Å². The van der Waals surface area contributed by atoms with Crippen molar-refractivity contribution in [2.45, 2.75) is 425 Å². The Bertz CT molecular complexity index is 1870. The molecule has 1 N–H and O–H groups in total. The van der Waals surface area contributed by atoms with Crippen molar-refractivity contribution in [3.63, 3.8) is 0 Å². The number of hydrogen-bond donors (Lipinski definition) is 1. The van der Waals surface area contributed by atoms with Gasteiger partial charge in [0.2, 0.25) is 0 Å². The van der Waals surface area contributed by atoms with E-state index in [4.69, 9.17) is 28.4 Å². The van der Waals surface area contributed by atoms with E-state index in [2.05, 4.69) is 76.3 Å². The molecular formula is C88H159NO13. The van der Waals surface area contributed by atoms with Crippen LogP contribution in [-0.4, -0.2) is 111 Å². The van der Waals surface area contributed by atoms with E-state index in [0.717, 1.165) is 154 Å². The lowest BCUT2D eigenvalue weighted by atomic mass is 10.1. The molecule has 0 aromatic carbocycles. The molecule has 594 valence electrons. The number of hydrogen-bond acceptors (Lipinski definition) is 14. The van der Waals surface area contributed by atoms with Crippen molar-refractivity contribution >= 4 is 35.8 Å². The zero-order valence-corrected chi connectivity index (χ0v) is 66.7. The van der Waals surface area contributed by atoms with E-state index in [9.17, 15) is 33.9 Å². The highest BCUT2D eigenvalue weighted by Crippen LogP contribution is 2.18. The third kappa shape index (κ3) is 75.4. The van der Waals surface area contributed by atoms with E-state index in [1.165, 1.54) is 167 Å². The smallest absolute Gasteiger partial charge is 0.306 e. The molecule has 102 heavy (non-hydrogen) atoms. The Morgan fingerprint density at radius 1 is 0.245 bits per heavy atom. The van der Waals surface area contributed by atoms with Crippen molar-refractivity contribution in [3.8, 4) is 0 Å². The van der Waals surface area contributed by atoms with Gasteiger partial charge in [-0.3, -0.25) is 28.8 Å². The topological polar surface area (TPSA) is 181 Å². The van der Waals surface area contributed by atoms with Gasteiger partial charge in [0.05, 0.1) is 6.61 Å². The van der Waals surface area contributed by atoms with Crippen LogP contribution in [0.4, 0.5) is 0 Å². The number of esters is 6. The van der Waals surface area contributed by atoms with E-state index in [1.54, 1.807) is 0 Å². The van der Waals surface area contributed by atoms with Crippen molar-refractivity contribution in [2.75, 3.05) is 52.7 Å². The second-order valence-electron chi connectivity index (χ2n) is 29.1. The summed E-state index contributed by atoms with van der Waals surface area (Å²) in [6, 6.07) is 0. The van der Waals surface area contributed by atoms with Crippen LogP contribution in [0, 0.1) is 0 Å². The van der Waals surface area contributed by atoms with Gasteiger partial charge in [0.15, 0.2) is 12.2 Å². The Labute approximate surface area is 626 Å². The summed E-state index contributed by atoms with van der Waals surface area (Å²) in [7, 11) is 0. The molecule has 0 amide bonds. The minimum atomic E-state index is -0.931. The van der Waals surface area contributed by atoms with Crippen molar-refractivity contribution < 1.29 is 62.3 Å². The van der Waals surface area contributed by atoms with Crippen molar-refractivity contribution in [2.24, 2.45) is 0 Å². The lowest BCUT2D eigenvalue weighted by molar-refractivity contribution is -0.167. The second kappa shape index (κ2) is 80.8. The standard InChI is InChI=1S/C88H159NO13/c1-5-9-13-17-21-25-29-33-37-41-45-49-53-57-61-67-83(91)97-77-81(101-87(95)69-63-59-55-51-47-43-39-35-31-27-23-19-15-11-7-3)79-99-85(93)71-65-73-89(75-76-90)74-66-72-86(94)100-80-82(102-88(96)70-64-60-56-52-48-44-40-36-32-28-24-20-16-12-8-4)78-98-84(92)68-62-58-54-50-46-42-38-34-30-26-22-18-14-10-6-2/h33-40,81-82,90H,5-32,41-80H2,1-4H3/b37-33-,38-34-,39-35-,40-36-/t81-,82-/m1/s1. The molecule has 0 fully saturated rings. The van der Waals surface area contributed by atoms with Gasteiger partial charge in [-0.25, -0.2) is 0 Å². The first-order valence-electron chi connectivity index (χ1n) is 43.0. The van der Waals surface area contributed by atoms with Gasteiger partial charge in [0.25, 0.3) is 0 Å². The second-order valence-corrected chi connectivity index (χ2v) is 29.1. The fourth-order valence-electron chi connectivity index (χ4n) is 12.5. The van der Waals surface area contributed by atoms with Gasteiger partial charge >= 0.3 is 35.8 Å². The highest BCUT2D eigenvalue weighted by atomic mass is 16.6. The molecule has 0 aromatic rings. The maximum Gasteiger partial charge on any atom is 0.306 e. The van der Waals surface area contributed by atoms with Crippen LogP contribution in [0.2, 0.25) is 0 Å². The number of ether oxygens (including phenoxy) is 6. The zero-order valence-electron chi connectivity index (χ0n) is 66.7. The summed E-state index contributed by atoms with van der Waals surface area (Å²) < 4.78 is 34.0. The Morgan fingerprint density at radius 2 is 0.431 bits per heavy atom.